The van der Waals surface area contributed by atoms with Gasteiger partial charge in [-0.05, 0) is 94.0 Å². The smallest absolute Gasteiger partial charge is 0.394 e. The zero-order valence-electron chi connectivity index (χ0n) is 28.5. The summed E-state index contributed by atoms with van der Waals surface area (Å²) in [6.07, 6.45) is 9.01. The van der Waals surface area contributed by atoms with E-state index in [2.05, 4.69) is 9.71 Å². The standard InChI is InChI=1S/C38H44FN3O7S/c1-24-18-25(14-15-29(24)39)19-26-10-6-4-3-5-7-11-27-21-38(27,35(45)41-50(46,47)37(2)16-17-37)22-32(43)31-20-28(23-42(31)34(26)44)48-36-40-30-12-8-9-13-33(30)49-36/h7-9,11-15,18,26-28,31H,3-6,10,16-17,19-23H2,1-2H3,(H,41,45)/b11-7-/t26-,27+,28-,31+,38-/m1/s1. The summed E-state index contributed by atoms with van der Waals surface area (Å²) in [6, 6.07) is 11.2. The Kier molecular flexibility index (Phi) is 9.11. The average Bonchev–Trinajstić information content (AvgIpc) is 3.88. The fourth-order valence-electron chi connectivity index (χ4n) is 7.58. The van der Waals surface area contributed by atoms with E-state index >= 15 is 0 Å². The quantitative estimate of drug-likeness (QED) is 0.297. The first-order chi connectivity index (χ1) is 23.9. The van der Waals surface area contributed by atoms with Crippen LogP contribution in [0.25, 0.3) is 11.1 Å². The van der Waals surface area contributed by atoms with Crippen molar-refractivity contribution < 1.29 is 36.3 Å². The van der Waals surface area contributed by atoms with Gasteiger partial charge in [0.15, 0.2) is 11.4 Å². The molecule has 7 rings (SSSR count). The van der Waals surface area contributed by atoms with Crippen LogP contribution in [0.5, 0.6) is 6.08 Å². The zero-order chi connectivity index (χ0) is 35.3. The van der Waals surface area contributed by atoms with Crippen LogP contribution in [0, 0.1) is 30.0 Å². The summed E-state index contributed by atoms with van der Waals surface area (Å²) in [7, 11) is -3.91. The van der Waals surface area contributed by atoms with Crippen molar-refractivity contribution in [3.8, 4) is 6.08 Å². The Hall–Kier alpha value is -4.06. The molecule has 3 fully saturated rings. The molecule has 2 amide bonds. The van der Waals surface area contributed by atoms with Crippen molar-refractivity contribution in [1.82, 2.24) is 14.6 Å². The topological polar surface area (TPSA) is 136 Å². The van der Waals surface area contributed by atoms with Gasteiger partial charge in [-0.1, -0.05) is 49.3 Å². The number of carbonyl (C=O) groups excluding carboxylic acids is 3. The van der Waals surface area contributed by atoms with Gasteiger partial charge in [-0.25, -0.2) is 12.8 Å². The Balaban J connectivity index is 1.19. The Morgan fingerprint density at radius 2 is 1.94 bits per heavy atom. The molecule has 0 radical (unpaired) electrons. The lowest BCUT2D eigenvalue weighted by Gasteiger charge is -2.29. The highest BCUT2D eigenvalue weighted by Gasteiger charge is 2.62. The third kappa shape index (κ3) is 6.83. The van der Waals surface area contributed by atoms with E-state index < -0.39 is 44.2 Å². The van der Waals surface area contributed by atoms with Gasteiger partial charge in [0.2, 0.25) is 21.8 Å². The van der Waals surface area contributed by atoms with Crippen LogP contribution in [0.1, 0.15) is 82.3 Å². The molecule has 3 heterocycles. The van der Waals surface area contributed by atoms with Gasteiger partial charge in [-0.15, -0.1) is 0 Å². The van der Waals surface area contributed by atoms with Crippen LogP contribution in [0.4, 0.5) is 4.39 Å². The normalized spacial score (nSPS) is 29.0. The molecule has 2 aliphatic carbocycles. The molecule has 50 heavy (non-hydrogen) atoms. The number of benzene rings is 2. The van der Waals surface area contributed by atoms with Crippen molar-refractivity contribution >= 4 is 38.7 Å². The molecule has 266 valence electrons. The van der Waals surface area contributed by atoms with Gasteiger partial charge >= 0.3 is 6.08 Å². The predicted octanol–water partition coefficient (Wildman–Crippen LogP) is 5.97. The molecule has 0 unspecified atom stereocenters. The Bertz CT molecular complexity index is 1920. The van der Waals surface area contributed by atoms with Crippen LogP contribution in [0.2, 0.25) is 0 Å². The summed E-state index contributed by atoms with van der Waals surface area (Å²) in [5.74, 6) is -2.22. The van der Waals surface area contributed by atoms with Gasteiger partial charge in [0.05, 0.1) is 22.7 Å². The van der Waals surface area contributed by atoms with Crippen LogP contribution in [0.15, 0.2) is 59.0 Å². The number of nitrogens with one attached hydrogen (secondary N) is 1. The molecule has 2 aromatic carbocycles. The van der Waals surface area contributed by atoms with Crippen molar-refractivity contribution in [3.05, 3.63) is 71.6 Å². The van der Waals surface area contributed by atoms with E-state index in [1.165, 1.54) is 6.07 Å². The molecule has 1 N–H and O–H groups in total. The lowest BCUT2D eigenvalue weighted by molar-refractivity contribution is -0.142. The van der Waals surface area contributed by atoms with Crippen LogP contribution in [-0.2, 0) is 30.8 Å². The molecule has 12 heteroatoms. The molecule has 4 aliphatic rings. The van der Waals surface area contributed by atoms with Gasteiger partial charge in [-0.2, -0.15) is 4.98 Å². The van der Waals surface area contributed by atoms with Crippen molar-refractivity contribution in [2.75, 3.05) is 6.54 Å². The van der Waals surface area contributed by atoms with E-state index in [4.69, 9.17) is 9.15 Å². The number of carbonyl (C=O) groups is 3. The van der Waals surface area contributed by atoms with E-state index in [0.717, 1.165) is 31.2 Å². The van der Waals surface area contributed by atoms with Crippen LogP contribution in [-0.4, -0.2) is 59.3 Å². The lowest BCUT2D eigenvalue weighted by Crippen LogP contribution is -2.47. The van der Waals surface area contributed by atoms with Crippen molar-refractivity contribution in [2.24, 2.45) is 17.3 Å². The van der Waals surface area contributed by atoms with Crippen molar-refractivity contribution in [1.29, 1.82) is 0 Å². The molecule has 1 aromatic heterocycles. The van der Waals surface area contributed by atoms with Gasteiger partial charge in [0, 0.05) is 18.8 Å². The maximum Gasteiger partial charge on any atom is 0.394 e. The summed E-state index contributed by atoms with van der Waals surface area (Å²) < 4.78 is 53.7. The number of aromatic nitrogens is 1. The molecule has 0 bridgehead atoms. The van der Waals surface area contributed by atoms with E-state index in [-0.39, 0.29) is 48.9 Å². The number of para-hydroxylation sites is 2. The highest BCUT2D eigenvalue weighted by molar-refractivity contribution is 7.91. The van der Waals surface area contributed by atoms with Crippen LogP contribution >= 0.6 is 0 Å². The van der Waals surface area contributed by atoms with Gasteiger partial charge in [-0.3, -0.25) is 19.1 Å². The summed E-state index contributed by atoms with van der Waals surface area (Å²) in [4.78, 5) is 48.8. The number of hydrogen-bond acceptors (Lipinski definition) is 8. The first-order valence-corrected chi connectivity index (χ1v) is 19.2. The SMILES string of the molecule is Cc1cc(C[C@H]2CCCCC/C=C\[C@H]3C[C@@]3(C(=O)NS(=O)(=O)C3(C)CC3)CC(=O)[C@@H]3C[C@@H](Oc4nc5ccccc5o4)CN3C2=O)ccc1F. The zero-order valence-corrected chi connectivity index (χ0v) is 29.3. The third-order valence-corrected chi connectivity index (χ3v) is 13.4. The summed E-state index contributed by atoms with van der Waals surface area (Å²) >= 11 is 0. The van der Waals surface area contributed by atoms with E-state index in [9.17, 15) is 27.2 Å². The second-order valence-corrected chi connectivity index (χ2v) is 17.2. The molecule has 3 aromatic rings. The highest BCUT2D eigenvalue weighted by Crippen LogP contribution is 2.57. The first-order valence-electron chi connectivity index (χ1n) is 17.7. The highest BCUT2D eigenvalue weighted by atomic mass is 32.2. The van der Waals surface area contributed by atoms with E-state index in [0.29, 0.717) is 48.8 Å². The summed E-state index contributed by atoms with van der Waals surface area (Å²) in [6.45, 7) is 3.43. The number of nitrogens with zero attached hydrogens (tertiary/aromatic N) is 2. The number of hydrogen-bond donors (Lipinski definition) is 1. The second kappa shape index (κ2) is 13.2. The molecule has 2 saturated carbocycles. The van der Waals surface area contributed by atoms with Crippen LogP contribution < -0.4 is 9.46 Å². The molecule has 0 spiro atoms. The van der Waals surface area contributed by atoms with Gasteiger partial charge < -0.3 is 14.1 Å². The molecular formula is C38H44FN3O7S. The molecular weight excluding hydrogens is 661 g/mol. The minimum Gasteiger partial charge on any atom is -0.445 e. The Labute approximate surface area is 291 Å². The number of rotatable bonds is 7. The molecule has 10 nitrogen and oxygen atoms in total. The van der Waals surface area contributed by atoms with Crippen LogP contribution in [0.3, 0.4) is 0 Å². The largest absolute Gasteiger partial charge is 0.445 e. The fourth-order valence-corrected chi connectivity index (χ4v) is 8.92. The first kappa shape index (κ1) is 34.4. The lowest BCUT2D eigenvalue weighted by atomic mass is 9.89. The number of fused-ring (bicyclic) bond motifs is 3. The monoisotopic (exact) mass is 705 g/mol. The number of ketones is 1. The fraction of sp³-hybridized carbons (Fsp3) is 0.526. The maximum absolute atomic E-state index is 14.6. The number of ether oxygens (including phenoxy) is 1. The van der Waals surface area contributed by atoms with Gasteiger partial charge in [0.25, 0.3) is 0 Å². The minimum atomic E-state index is -3.91. The molecule has 5 atom stereocenters. The number of amides is 2. The second-order valence-electron chi connectivity index (χ2n) is 15.0. The van der Waals surface area contributed by atoms with Crippen molar-refractivity contribution in [3.63, 3.8) is 0 Å². The third-order valence-electron chi connectivity index (χ3n) is 11.2. The number of aryl methyl sites for hydroxylation is 1. The number of allylic oxidation sites excluding steroid dienone is 2. The number of oxazole rings is 1. The number of halogens is 1. The summed E-state index contributed by atoms with van der Waals surface area (Å²) in [5.41, 5.74) is 1.29. The molecule has 1 saturated heterocycles. The Morgan fingerprint density at radius 3 is 2.70 bits per heavy atom. The summed E-state index contributed by atoms with van der Waals surface area (Å²) in [5, 5.41) is 0. The Morgan fingerprint density at radius 1 is 1.14 bits per heavy atom. The van der Waals surface area contributed by atoms with E-state index in [1.54, 1.807) is 43.0 Å². The molecule has 2 aliphatic heterocycles. The van der Waals surface area contributed by atoms with Crippen molar-refractivity contribution in [2.45, 2.75) is 101 Å². The van der Waals surface area contributed by atoms with Gasteiger partial charge in [0.1, 0.15) is 17.4 Å². The average molecular weight is 706 g/mol. The predicted molar refractivity (Wildman–Crippen MR) is 184 cm³/mol. The number of sulfonamides is 1. The minimum absolute atomic E-state index is 0.0409. The maximum atomic E-state index is 14.6. The van der Waals surface area contributed by atoms with E-state index in [1.807, 2.05) is 24.3 Å². The number of Topliss-reactive ketones (excluding diaryl/α,β-unsaturated/α-hetero) is 1.